The monoisotopic (exact) mass is 402 g/mol. The topological polar surface area (TPSA) is 59.5 Å². The first kappa shape index (κ1) is 17.7. The lowest BCUT2D eigenvalue weighted by atomic mass is 10.2. The molecule has 6 heteroatoms. The van der Waals surface area contributed by atoms with Crippen LogP contribution in [0.15, 0.2) is 75.8 Å². The van der Waals surface area contributed by atoms with E-state index in [1.807, 2.05) is 42.5 Å². The molecule has 144 valence electrons. The van der Waals surface area contributed by atoms with Crippen molar-refractivity contribution in [1.82, 2.24) is 4.98 Å². The summed E-state index contributed by atoms with van der Waals surface area (Å²) in [5.74, 6) is 0.724. The van der Waals surface area contributed by atoms with Crippen LogP contribution in [-0.2, 0) is 13.0 Å². The Morgan fingerprint density at radius 3 is 2.79 bits per heavy atom. The minimum atomic E-state index is -0.243. The van der Waals surface area contributed by atoms with Crippen molar-refractivity contribution < 1.29 is 13.6 Å². The number of amides is 1. The first-order valence-corrected chi connectivity index (χ1v) is 10.2. The van der Waals surface area contributed by atoms with Crippen molar-refractivity contribution >= 4 is 43.6 Å². The quantitative estimate of drug-likeness (QED) is 0.359. The predicted octanol–water partition coefficient (Wildman–Crippen LogP) is 6.04. The minimum absolute atomic E-state index is 0.243. The van der Waals surface area contributed by atoms with Gasteiger partial charge in [-0.25, -0.2) is 4.98 Å². The Bertz CT molecular complexity index is 1270. The van der Waals surface area contributed by atoms with E-state index < -0.39 is 0 Å². The van der Waals surface area contributed by atoms with Crippen LogP contribution in [0.2, 0.25) is 0 Å². The maximum atomic E-state index is 13.4. The molecule has 0 fully saturated rings. The zero-order chi connectivity index (χ0) is 19.8. The van der Waals surface area contributed by atoms with Gasteiger partial charge in [-0.05, 0) is 48.4 Å². The number of furan rings is 2. The highest BCUT2D eigenvalue weighted by Gasteiger charge is 2.25. The van der Waals surface area contributed by atoms with E-state index in [-0.39, 0.29) is 18.2 Å². The third kappa shape index (κ3) is 3.32. The largest absolute Gasteiger partial charge is 0.467 e. The summed E-state index contributed by atoms with van der Waals surface area (Å²) in [6.45, 7) is 2.40. The molecule has 29 heavy (non-hydrogen) atoms. The summed E-state index contributed by atoms with van der Waals surface area (Å²) in [5.41, 5.74) is 2.81. The molecule has 0 bridgehead atoms. The van der Waals surface area contributed by atoms with E-state index in [4.69, 9.17) is 13.8 Å². The van der Waals surface area contributed by atoms with E-state index >= 15 is 0 Å². The van der Waals surface area contributed by atoms with Crippen molar-refractivity contribution in [3.8, 4) is 0 Å². The molecule has 1 amide bonds. The van der Waals surface area contributed by atoms with Crippen molar-refractivity contribution in [2.45, 2.75) is 19.9 Å². The molecule has 0 radical (unpaired) electrons. The smallest absolute Gasteiger partial charge is 0.296 e. The average Bonchev–Trinajstić information content (AvgIpc) is 3.49. The molecule has 0 aliphatic heterocycles. The molecule has 0 saturated heterocycles. The van der Waals surface area contributed by atoms with E-state index in [0.29, 0.717) is 16.5 Å². The highest BCUT2D eigenvalue weighted by atomic mass is 32.1. The number of thiazole rings is 1. The highest BCUT2D eigenvalue weighted by Crippen LogP contribution is 2.32. The number of hydrogen-bond acceptors (Lipinski definition) is 5. The first-order chi connectivity index (χ1) is 14.2. The van der Waals surface area contributed by atoms with Crippen LogP contribution in [0, 0.1) is 0 Å². The van der Waals surface area contributed by atoms with Crippen LogP contribution in [0.1, 0.15) is 28.8 Å². The van der Waals surface area contributed by atoms with Crippen LogP contribution in [0.4, 0.5) is 5.13 Å². The average molecular weight is 402 g/mol. The molecule has 0 unspecified atom stereocenters. The maximum Gasteiger partial charge on any atom is 0.296 e. The summed E-state index contributed by atoms with van der Waals surface area (Å²) in [7, 11) is 0. The molecule has 0 saturated carbocycles. The lowest BCUT2D eigenvalue weighted by Gasteiger charge is -2.17. The van der Waals surface area contributed by atoms with E-state index in [2.05, 4.69) is 19.1 Å². The Labute approximate surface area is 171 Å². The number of carbonyl (C=O) groups is 1. The summed E-state index contributed by atoms with van der Waals surface area (Å²) >= 11 is 1.50. The van der Waals surface area contributed by atoms with Gasteiger partial charge in [0.1, 0.15) is 11.3 Å². The highest BCUT2D eigenvalue weighted by molar-refractivity contribution is 7.22. The number of fused-ring (bicyclic) bond motifs is 2. The van der Waals surface area contributed by atoms with E-state index in [1.54, 1.807) is 17.2 Å². The van der Waals surface area contributed by atoms with Gasteiger partial charge in [0.2, 0.25) is 0 Å². The van der Waals surface area contributed by atoms with Crippen molar-refractivity contribution in [2.75, 3.05) is 4.90 Å². The summed E-state index contributed by atoms with van der Waals surface area (Å²) in [4.78, 5) is 19.7. The number of carbonyl (C=O) groups excluding carboxylic acids is 1. The molecular weight excluding hydrogens is 384 g/mol. The summed E-state index contributed by atoms with van der Waals surface area (Å²) in [6, 6.07) is 19.2. The second-order valence-corrected chi connectivity index (χ2v) is 7.78. The molecule has 2 aromatic carbocycles. The van der Waals surface area contributed by atoms with E-state index in [1.165, 1.54) is 16.9 Å². The Kier molecular flexibility index (Phi) is 4.41. The maximum absolute atomic E-state index is 13.4. The second kappa shape index (κ2) is 7.22. The van der Waals surface area contributed by atoms with Gasteiger partial charge in [-0.2, -0.15) is 0 Å². The second-order valence-electron chi connectivity index (χ2n) is 6.77. The third-order valence-corrected chi connectivity index (χ3v) is 5.90. The fourth-order valence-electron chi connectivity index (χ4n) is 3.30. The van der Waals surface area contributed by atoms with Crippen LogP contribution >= 0.6 is 11.3 Å². The number of rotatable bonds is 5. The fraction of sp³-hybridized carbons (Fsp3) is 0.130. The lowest BCUT2D eigenvalue weighted by Crippen LogP contribution is -2.29. The van der Waals surface area contributed by atoms with Crippen LogP contribution < -0.4 is 4.90 Å². The number of aromatic nitrogens is 1. The molecule has 0 atom stereocenters. The third-order valence-electron chi connectivity index (χ3n) is 4.86. The molecule has 0 aliphatic rings. The van der Waals surface area contributed by atoms with E-state index in [9.17, 15) is 4.79 Å². The van der Waals surface area contributed by atoms with Gasteiger partial charge >= 0.3 is 0 Å². The Morgan fingerprint density at radius 2 is 2.00 bits per heavy atom. The van der Waals surface area contributed by atoms with E-state index in [0.717, 1.165) is 22.0 Å². The number of nitrogens with zero attached hydrogens (tertiary/aromatic N) is 2. The molecule has 0 aliphatic carbocycles. The van der Waals surface area contributed by atoms with Crippen molar-refractivity contribution in [3.63, 3.8) is 0 Å². The zero-order valence-electron chi connectivity index (χ0n) is 15.8. The molecule has 0 N–H and O–H groups in total. The predicted molar refractivity (Wildman–Crippen MR) is 114 cm³/mol. The number of para-hydroxylation sites is 1. The fourth-order valence-corrected chi connectivity index (χ4v) is 4.32. The van der Waals surface area contributed by atoms with Crippen LogP contribution in [0.5, 0.6) is 0 Å². The zero-order valence-corrected chi connectivity index (χ0v) is 16.6. The van der Waals surface area contributed by atoms with Gasteiger partial charge in [-0.1, -0.05) is 42.5 Å². The van der Waals surface area contributed by atoms with Crippen LogP contribution in [-0.4, -0.2) is 10.9 Å². The molecule has 5 aromatic rings. The Hall–Kier alpha value is -3.38. The van der Waals surface area contributed by atoms with Crippen molar-refractivity contribution in [3.05, 3.63) is 84.0 Å². The van der Waals surface area contributed by atoms with Gasteiger partial charge in [0, 0.05) is 5.39 Å². The standard InChI is InChI=1S/C23H18N2O3S/c1-2-15-9-10-18-21(12-15)29-23(24-18)25(14-17-7-5-11-27-17)22(26)20-13-16-6-3-4-8-19(16)28-20/h3-13H,2,14H2,1H3. The molecule has 3 heterocycles. The van der Waals surface area contributed by atoms with Gasteiger partial charge in [0.25, 0.3) is 5.91 Å². The van der Waals surface area contributed by atoms with Gasteiger partial charge in [-0.15, -0.1) is 0 Å². The van der Waals surface area contributed by atoms with Gasteiger partial charge in [-0.3, -0.25) is 9.69 Å². The summed E-state index contributed by atoms with van der Waals surface area (Å²) in [6.07, 6.45) is 2.56. The minimum Gasteiger partial charge on any atom is -0.467 e. The summed E-state index contributed by atoms with van der Waals surface area (Å²) in [5, 5.41) is 1.51. The van der Waals surface area contributed by atoms with Crippen molar-refractivity contribution in [1.29, 1.82) is 0 Å². The molecular formula is C23H18N2O3S. The number of benzene rings is 2. The summed E-state index contributed by atoms with van der Waals surface area (Å²) < 4.78 is 12.4. The van der Waals surface area contributed by atoms with Crippen LogP contribution in [0.3, 0.4) is 0 Å². The number of anilines is 1. The number of aryl methyl sites for hydroxylation is 1. The molecule has 3 aromatic heterocycles. The normalized spacial score (nSPS) is 11.3. The Balaban J connectivity index is 1.58. The Morgan fingerprint density at radius 1 is 1.10 bits per heavy atom. The molecule has 0 spiro atoms. The van der Waals surface area contributed by atoms with Crippen molar-refractivity contribution in [2.24, 2.45) is 0 Å². The first-order valence-electron chi connectivity index (χ1n) is 9.43. The van der Waals surface area contributed by atoms with Gasteiger partial charge in [0.15, 0.2) is 10.9 Å². The van der Waals surface area contributed by atoms with Gasteiger partial charge in [0.05, 0.1) is 23.0 Å². The van der Waals surface area contributed by atoms with Crippen LogP contribution in [0.25, 0.3) is 21.2 Å². The number of hydrogen-bond donors (Lipinski definition) is 0. The molecule has 5 nitrogen and oxygen atoms in total. The molecule has 5 rings (SSSR count). The lowest BCUT2D eigenvalue weighted by molar-refractivity contribution is 0.0958. The SMILES string of the molecule is CCc1ccc2nc(N(Cc3ccco3)C(=O)c3cc4ccccc4o3)sc2c1. The van der Waals surface area contributed by atoms with Gasteiger partial charge < -0.3 is 8.83 Å².